The molecule has 3 unspecified atom stereocenters. The Labute approximate surface area is 233 Å². The van der Waals surface area contributed by atoms with E-state index in [-0.39, 0.29) is 17.6 Å². The highest BCUT2D eigenvalue weighted by molar-refractivity contribution is 6.06. The smallest absolute Gasteiger partial charge is 0.410 e. The number of allylic oxidation sites excluding steroid dienone is 5. The van der Waals surface area contributed by atoms with E-state index in [4.69, 9.17) is 9.73 Å². The number of rotatable bonds is 7. The summed E-state index contributed by atoms with van der Waals surface area (Å²) in [5.41, 5.74) is 7.83. The molecule has 39 heavy (non-hydrogen) atoms. The molecular formula is C35H40N2O2. The van der Waals surface area contributed by atoms with Crippen molar-refractivity contribution in [2.45, 2.75) is 77.4 Å². The van der Waals surface area contributed by atoms with Gasteiger partial charge in [-0.3, -0.25) is 4.99 Å². The van der Waals surface area contributed by atoms with Gasteiger partial charge in [-0.1, -0.05) is 86.2 Å². The third-order valence-electron chi connectivity index (χ3n) is 9.25. The Hall–Kier alpha value is -3.40. The van der Waals surface area contributed by atoms with Crippen molar-refractivity contribution in [2.24, 2.45) is 16.3 Å². The van der Waals surface area contributed by atoms with E-state index in [2.05, 4.69) is 60.4 Å². The summed E-state index contributed by atoms with van der Waals surface area (Å²) in [7, 11) is 0. The van der Waals surface area contributed by atoms with E-state index in [1.165, 1.54) is 41.0 Å². The van der Waals surface area contributed by atoms with Crippen molar-refractivity contribution in [3.05, 3.63) is 107 Å². The van der Waals surface area contributed by atoms with E-state index in [1.54, 1.807) is 0 Å². The van der Waals surface area contributed by atoms with Crippen molar-refractivity contribution < 1.29 is 9.53 Å². The summed E-state index contributed by atoms with van der Waals surface area (Å²) in [5.74, 6) is 0.502. The third kappa shape index (κ3) is 5.39. The summed E-state index contributed by atoms with van der Waals surface area (Å²) in [6.45, 7) is 3.31. The van der Waals surface area contributed by atoms with E-state index in [1.807, 2.05) is 30.3 Å². The number of ether oxygens (including phenoxy) is 1. The van der Waals surface area contributed by atoms with Gasteiger partial charge in [0.15, 0.2) is 0 Å². The maximum absolute atomic E-state index is 13.6. The Bertz CT molecular complexity index is 1310. The zero-order chi connectivity index (χ0) is 26.7. The molecule has 2 aromatic rings. The SMILES string of the molecule is CCC(Cc1ccccc1)CC1CC2(C=CC=C3N=C4CCCCC4=C32)CCN1C(=O)OCc1ccccc1. The third-order valence-corrected chi connectivity index (χ3v) is 9.25. The molecule has 1 saturated carbocycles. The minimum atomic E-state index is -0.178. The number of amides is 1. The van der Waals surface area contributed by atoms with Crippen LogP contribution in [0.4, 0.5) is 4.79 Å². The molecule has 0 N–H and O–H groups in total. The van der Waals surface area contributed by atoms with E-state index >= 15 is 0 Å². The summed E-state index contributed by atoms with van der Waals surface area (Å²) in [6.07, 6.45) is 16.4. The second-order valence-electron chi connectivity index (χ2n) is 11.7. The van der Waals surface area contributed by atoms with Gasteiger partial charge < -0.3 is 9.64 Å². The lowest BCUT2D eigenvalue weighted by Gasteiger charge is -2.48. The molecule has 2 aliphatic heterocycles. The van der Waals surface area contributed by atoms with Crippen LogP contribution >= 0.6 is 0 Å². The molecule has 1 saturated heterocycles. The van der Waals surface area contributed by atoms with Crippen molar-refractivity contribution >= 4 is 11.8 Å². The predicted octanol–water partition coefficient (Wildman–Crippen LogP) is 8.21. The van der Waals surface area contributed by atoms with Gasteiger partial charge in [0, 0.05) is 23.7 Å². The first-order valence-electron chi connectivity index (χ1n) is 14.9. The molecule has 0 bridgehead atoms. The van der Waals surface area contributed by atoms with Crippen LogP contribution in [0.1, 0.15) is 69.4 Å². The van der Waals surface area contributed by atoms with Gasteiger partial charge in [-0.25, -0.2) is 4.79 Å². The Morgan fingerprint density at radius 3 is 2.56 bits per heavy atom. The number of likely N-dealkylation sites (tertiary alicyclic amines) is 1. The summed E-state index contributed by atoms with van der Waals surface area (Å²) in [5, 5.41) is 0. The van der Waals surface area contributed by atoms with Crippen LogP contribution in [0.15, 0.2) is 101 Å². The number of nitrogens with zero attached hydrogens (tertiary/aromatic N) is 2. The van der Waals surface area contributed by atoms with Crippen LogP contribution in [0.2, 0.25) is 0 Å². The molecule has 2 aromatic carbocycles. The predicted molar refractivity (Wildman–Crippen MR) is 157 cm³/mol. The maximum atomic E-state index is 13.6. The number of piperidine rings is 1. The molecular weight excluding hydrogens is 480 g/mol. The molecule has 2 fully saturated rings. The molecule has 4 aliphatic rings. The highest BCUT2D eigenvalue weighted by Gasteiger charge is 2.47. The summed E-state index contributed by atoms with van der Waals surface area (Å²) < 4.78 is 5.90. The standard InChI is InChI=1S/C35H40N2O2/c1-2-26(22-27-12-5-3-6-13-27)23-29-24-35(19-11-18-32-33(35)30-16-9-10-17-31(30)36-32)20-21-37(29)34(38)39-25-28-14-7-4-8-15-28/h3-8,11-15,18-19,26,29H,2,9-10,16-17,20-25H2,1H3. The van der Waals surface area contributed by atoms with Gasteiger partial charge in [-0.05, 0) is 85.6 Å². The second kappa shape index (κ2) is 11.4. The lowest BCUT2D eigenvalue weighted by Crippen LogP contribution is -2.51. The van der Waals surface area contributed by atoms with Crippen molar-refractivity contribution in [3.63, 3.8) is 0 Å². The van der Waals surface area contributed by atoms with Crippen LogP contribution in [0.25, 0.3) is 0 Å². The van der Waals surface area contributed by atoms with E-state index in [0.717, 1.165) is 50.5 Å². The maximum Gasteiger partial charge on any atom is 0.410 e. The van der Waals surface area contributed by atoms with Gasteiger partial charge in [0.25, 0.3) is 0 Å². The number of aliphatic imine (C=N–C) groups is 1. The number of hydrogen-bond donors (Lipinski definition) is 0. The fraction of sp³-hybridized carbons (Fsp3) is 0.429. The van der Waals surface area contributed by atoms with Crippen LogP contribution in [0.5, 0.6) is 0 Å². The Kier molecular flexibility index (Phi) is 7.54. The van der Waals surface area contributed by atoms with Gasteiger partial charge in [0.1, 0.15) is 6.61 Å². The van der Waals surface area contributed by atoms with Crippen LogP contribution in [0, 0.1) is 11.3 Å². The van der Waals surface area contributed by atoms with Crippen LogP contribution in [-0.4, -0.2) is 29.3 Å². The Morgan fingerprint density at radius 2 is 1.79 bits per heavy atom. The first-order chi connectivity index (χ1) is 19.1. The average molecular weight is 521 g/mol. The normalized spacial score (nSPS) is 24.6. The number of fused-ring (bicyclic) bond motifs is 3. The largest absolute Gasteiger partial charge is 0.445 e. The fourth-order valence-electron chi connectivity index (χ4n) is 7.21. The Balaban J connectivity index is 1.26. The lowest BCUT2D eigenvalue weighted by molar-refractivity contribution is 0.0423. The zero-order valence-electron chi connectivity index (χ0n) is 23.1. The molecule has 6 rings (SSSR count). The monoisotopic (exact) mass is 520 g/mol. The molecule has 2 aliphatic carbocycles. The fourth-order valence-corrected chi connectivity index (χ4v) is 7.21. The van der Waals surface area contributed by atoms with Gasteiger partial charge in [-0.15, -0.1) is 0 Å². The van der Waals surface area contributed by atoms with Crippen molar-refractivity contribution in [1.82, 2.24) is 4.90 Å². The van der Waals surface area contributed by atoms with Gasteiger partial charge >= 0.3 is 6.09 Å². The molecule has 1 spiro atoms. The molecule has 4 heteroatoms. The van der Waals surface area contributed by atoms with E-state index in [0.29, 0.717) is 19.1 Å². The number of carbonyl (C=O) groups is 1. The molecule has 1 amide bonds. The van der Waals surface area contributed by atoms with Gasteiger partial charge in [0.2, 0.25) is 0 Å². The zero-order valence-corrected chi connectivity index (χ0v) is 23.1. The highest BCUT2D eigenvalue weighted by Crippen LogP contribution is 2.53. The van der Waals surface area contributed by atoms with Crippen LogP contribution < -0.4 is 0 Å². The quantitative estimate of drug-likeness (QED) is 0.369. The topological polar surface area (TPSA) is 41.9 Å². The molecule has 4 nitrogen and oxygen atoms in total. The summed E-state index contributed by atoms with van der Waals surface area (Å²) in [6, 6.07) is 20.9. The molecule has 0 aromatic heterocycles. The second-order valence-corrected chi connectivity index (χ2v) is 11.7. The molecule has 202 valence electrons. The number of carbonyl (C=O) groups excluding carboxylic acids is 1. The molecule has 0 radical (unpaired) electrons. The average Bonchev–Trinajstić information content (AvgIpc) is 3.37. The summed E-state index contributed by atoms with van der Waals surface area (Å²) >= 11 is 0. The van der Waals surface area contributed by atoms with Crippen LogP contribution in [-0.2, 0) is 17.8 Å². The molecule has 3 atom stereocenters. The van der Waals surface area contributed by atoms with Crippen molar-refractivity contribution in [2.75, 3.05) is 6.54 Å². The lowest BCUT2D eigenvalue weighted by atomic mass is 9.64. The summed E-state index contributed by atoms with van der Waals surface area (Å²) in [4.78, 5) is 20.7. The van der Waals surface area contributed by atoms with Crippen molar-refractivity contribution in [3.8, 4) is 0 Å². The van der Waals surface area contributed by atoms with Gasteiger partial charge in [-0.2, -0.15) is 0 Å². The minimum absolute atomic E-state index is 0.0477. The number of benzene rings is 2. The van der Waals surface area contributed by atoms with E-state index < -0.39 is 0 Å². The van der Waals surface area contributed by atoms with E-state index in [9.17, 15) is 4.79 Å². The minimum Gasteiger partial charge on any atom is -0.445 e. The van der Waals surface area contributed by atoms with Crippen molar-refractivity contribution in [1.29, 1.82) is 0 Å². The first kappa shape index (κ1) is 25.9. The molecule has 2 heterocycles. The number of hydrogen-bond acceptors (Lipinski definition) is 3. The highest BCUT2D eigenvalue weighted by atomic mass is 16.6. The first-order valence-corrected chi connectivity index (χ1v) is 14.9. The van der Waals surface area contributed by atoms with Crippen LogP contribution in [0.3, 0.4) is 0 Å². The Morgan fingerprint density at radius 1 is 1.05 bits per heavy atom. The van der Waals surface area contributed by atoms with Gasteiger partial charge in [0.05, 0.1) is 5.70 Å².